The maximum atomic E-state index is 12.0. The zero-order chi connectivity index (χ0) is 15.7. The third kappa shape index (κ3) is 3.62. The van der Waals surface area contributed by atoms with Crippen LogP contribution in [0.4, 0.5) is 0 Å². The predicted octanol–water partition coefficient (Wildman–Crippen LogP) is 1.50. The Morgan fingerprint density at radius 2 is 1.95 bits per heavy atom. The first-order valence-corrected chi connectivity index (χ1v) is 8.24. The van der Waals surface area contributed by atoms with Crippen molar-refractivity contribution in [1.29, 1.82) is 0 Å². The summed E-state index contributed by atoms with van der Waals surface area (Å²) in [5.74, 6) is 0.442. The Bertz CT molecular complexity index is 622. The van der Waals surface area contributed by atoms with Crippen molar-refractivity contribution in [3.05, 3.63) is 26.6 Å². The second-order valence-electron chi connectivity index (χ2n) is 5.93. The highest BCUT2D eigenvalue weighted by Crippen LogP contribution is 2.29. The first-order valence-electron chi connectivity index (χ1n) is 7.48. The van der Waals surface area contributed by atoms with E-state index in [0.717, 1.165) is 38.8 Å². The summed E-state index contributed by atoms with van der Waals surface area (Å²) < 4.78 is 1.32. The van der Waals surface area contributed by atoms with Gasteiger partial charge < -0.3 is 5.32 Å². The molecule has 2 heterocycles. The van der Waals surface area contributed by atoms with E-state index in [-0.39, 0.29) is 33.5 Å². The van der Waals surface area contributed by atoms with Crippen LogP contribution in [0.3, 0.4) is 0 Å². The van der Waals surface area contributed by atoms with Crippen LogP contribution in [-0.4, -0.2) is 39.7 Å². The minimum absolute atomic E-state index is 0.00301. The Labute approximate surface area is 138 Å². The number of carbonyl (C=O) groups is 1. The molecule has 6 nitrogen and oxygen atoms in total. The monoisotopic (exact) mass is 344 g/mol. The van der Waals surface area contributed by atoms with Gasteiger partial charge in [0, 0.05) is 25.0 Å². The number of rotatable bonds is 4. The molecule has 0 unspecified atom stereocenters. The quantitative estimate of drug-likeness (QED) is 0.898. The second-order valence-corrected chi connectivity index (χ2v) is 6.71. The molecule has 22 heavy (non-hydrogen) atoms. The number of nitrogens with zero attached hydrogens (tertiary/aromatic N) is 3. The van der Waals surface area contributed by atoms with Crippen LogP contribution < -0.4 is 10.9 Å². The van der Waals surface area contributed by atoms with E-state index in [0.29, 0.717) is 6.67 Å². The molecule has 0 bridgehead atoms. The van der Waals surface area contributed by atoms with Gasteiger partial charge in [-0.1, -0.05) is 23.2 Å². The van der Waals surface area contributed by atoms with Crippen molar-refractivity contribution < 1.29 is 4.79 Å². The Morgan fingerprint density at radius 3 is 2.59 bits per heavy atom. The van der Waals surface area contributed by atoms with Crippen LogP contribution >= 0.6 is 23.2 Å². The number of aromatic nitrogens is 2. The van der Waals surface area contributed by atoms with E-state index >= 15 is 0 Å². The topological polar surface area (TPSA) is 67.2 Å². The molecular weight excluding hydrogens is 327 g/mol. The molecule has 120 valence electrons. The molecule has 0 atom stereocenters. The molecule has 1 N–H and O–H groups in total. The number of halogens is 2. The van der Waals surface area contributed by atoms with Crippen LogP contribution in [0.5, 0.6) is 0 Å². The van der Waals surface area contributed by atoms with Crippen LogP contribution in [0.25, 0.3) is 0 Å². The van der Waals surface area contributed by atoms with Crippen molar-refractivity contribution in [2.75, 3.05) is 13.1 Å². The summed E-state index contributed by atoms with van der Waals surface area (Å²) in [4.78, 5) is 25.8. The third-order valence-corrected chi connectivity index (χ3v) is 4.91. The van der Waals surface area contributed by atoms with Crippen LogP contribution in [0.2, 0.25) is 10.0 Å². The second kappa shape index (κ2) is 6.56. The predicted molar refractivity (Wildman–Crippen MR) is 84.0 cm³/mol. The van der Waals surface area contributed by atoms with Gasteiger partial charge in [0.05, 0.1) is 17.9 Å². The van der Waals surface area contributed by atoms with E-state index in [2.05, 4.69) is 15.3 Å². The number of nitrogens with one attached hydrogen (secondary N) is 1. The maximum Gasteiger partial charge on any atom is 0.288 e. The van der Waals surface area contributed by atoms with Crippen LogP contribution in [0.15, 0.2) is 11.0 Å². The average Bonchev–Trinajstić information content (AvgIpc) is 3.34. The molecule has 0 radical (unpaired) electrons. The minimum atomic E-state index is -0.377. The molecule has 8 heteroatoms. The van der Waals surface area contributed by atoms with Crippen molar-refractivity contribution in [2.45, 2.75) is 38.4 Å². The summed E-state index contributed by atoms with van der Waals surface area (Å²) in [5, 5.41) is 7.29. The van der Waals surface area contributed by atoms with Gasteiger partial charge in [0.15, 0.2) is 0 Å². The summed E-state index contributed by atoms with van der Waals surface area (Å²) in [7, 11) is 0. The zero-order valence-electron chi connectivity index (χ0n) is 12.1. The van der Waals surface area contributed by atoms with Crippen molar-refractivity contribution in [3.8, 4) is 0 Å². The van der Waals surface area contributed by atoms with Gasteiger partial charge in [-0.2, -0.15) is 5.10 Å². The highest BCUT2D eigenvalue weighted by molar-refractivity contribution is 6.41. The van der Waals surface area contributed by atoms with Gasteiger partial charge in [0.2, 0.25) is 5.91 Å². The number of carbonyl (C=O) groups excluding carboxylic acids is 1. The Balaban J connectivity index is 1.52. The number of piperidine rings is 1. The molecule has 3 rings (SSSR count). The Morgan fingerprint density at radius 1 is 1.27 bits per heavy atom. The molecular formula is C14H18Cl2N4O2. The van der Waals surface area contributed by atoms with Crippen molar-refractivity contribution >= 4 is 29.1 Å². The molecule has 1 saturated heterocycles. The molecule has 1 aromatic heterocycles. The largest absolute Gasteiger partial charge is 0.353 e. The fourth-order valence-electron chi connectivity index (χ4n) is 2.62. The summed E-state index contributed by atoms with van der Waals surface area (Å²) in [6, 6.07) is 0.239. The molecule has 1 aliphatic carbocycles. The number of hydrogen-bond donors (Lipinski definition) is 1. The summed E-state index contributed by atoms with van der Waals surface area (Å²) in [5.41, 5.74) is -0.377. The summed E-state index contributed by atoms with van der Waals surface area (Å²) in [6.45, 7) is 2.01. The fourth-order valence-corrected chi connectivity index (χ4v) is 2.89. The lowest BCUT2D eigenvalue weighted by Crippen LogP contribution is -2.46. The first kappa shape index (κ1) is 15.8. The van der Waals surface area contributed by atoms with Crippen molar-refractivity contribution in [2.24, 2.45) is 5.92 Å². The van der Waals surface area contributed by atoms with Crippen LogP contribution in [0, 0.1) is 5.92 Å². The molecule has 2 fully saturated rings. The molecule has 1 saturated carbocycles. The van der Waals surface area contributed by atoms with Crippen LogP contribution in [0.1, 0.15) is 25.7 Å². The minimum Gasteiger partial charge on any atom is -0.353 e. The maximum absolute atomic E-state index is 12.0. The highest BCUT2D eigenvalue weighted by Gasteiger charge is 2.31. The molecule has 1 aliphatic heterocycles. The van der Waals surface area contributed by atoms with Gasteiger partial charge in [-0.25, -0.2) is 4.68 Å². The molecule has 1 amide bonds. The molecule has 0 spiro atoms. The van der Waals surface area contributed by atoms with Gasteiger partial charge >= 0.3 is 0 Å². The lowest BCUT2D eigenvalue weighted by Gasteiger charge is -2.32. The van der Waals surface area contributed by atoms with Crippen molar-refractivity contribution in [1.82, 2.24) is 20.0 Å². The van der Waals surface area contributed by atoms with E-state index in [1.54, 1.807) is 0 Å². The van der Waals surface area contributed by atoms with E-state index in [4.69, 9.17) is 23.2 Å². The van der Waals surface area contributed by atoms with Gasteiger partial charge in [0.25, 0.3) is 5.56 Å². The fraction of sp³-hybridized carbons (Fsp3) is 0.643. The Hall–Kier alpha value is -1.11. The lowest BCUT2D eigenvalue weighted by atomic mass is 10.1. The van der Waals surface area contributed by atoms with E-state index < -0.39 is 0 Å². The number of amides is 1. The van der Waals surface area contributed by atoms with E-state index in [9.17, 15) is 9.59 Å². The average molecular weight is 345 g/mol. The highest BCUT2D eigenvalue weighted by atomic mass is 35.5. The third-order valence-electron chi connectivity index (χ3n) is 4.16. The molecule has 2 aliphatic rings. The Kier molecular flexibility index (Phi) is 4.70. The number of hydrogen-bond acceptors (Lipinski definition) is 4. The summed E-state index contributed by atoms with van der Waals surface area (Å²) >= 11 is 11.6. The lowest BCUT2D eigenvalue weighted by molar-refractivity contribution is -0.123. The van der Waals surface area contributed by atoms with Gasteiger partial charge in [-0.15, -0.1) is 0 Å². The number of likely N-dealkylation sites (tertiary alicyclic amines) is 1. The zero-order valence-corrected chi connectivity index (χ0v) is 13.6. The first-order chi connectivity index (χ1) is 10.5. The van der Waals surface area contributed by atoms with Gasteiger partial charge in [0.1, 0.15) is 5.02 Å². The normalized spacial score (nSPS) is 20.1. The molecule has 0 aromatic carbocycles. The van der Waals surface area contributed by atoms with E-state index in [1.165, 1.54) is 10.9 Å². The SMILES string of the molecule is O=C(NC1CCN(Cn2ncc(Cl)c(Cl)c2=O)CC1)C1CC1. The van der Waals surface area contributed by atoms with Gasteiger partial charge in [-0.05, 0) is 25.7 Å². The standard InChI is InChI=1S/C14H18Cl2N4O2/c15-11-7-17-20(14(22)12(11)16)8-19-5-3-10(4-6-19)18-13(21)9-1-2-9/h7,9-10H,1-6,8H2,(H,18,21). The summed E-state index contributed by atoms with van der Waals surface area (Å²) in [6.07, 6.45) is 5.20. The van der Waals surface area contributed by atoms with Crippen LogP contribution in [-0.2, 0) is 11.5 Å². The smallest absolute Gasteiger partial charge is 0.288 e. The van der Waals surface area contributed by atoms with Gasteiger partial charge in [-0.3, -0.25) is 14.5 Å². The molecule has 1 aromatic rings. The van der Waals surface area contributed by atoms with E-state index in [1.807, 2.05) is 0 Å². The van der Waals surface area contributed by atoms with Crippen molar-refractivity contribution in [3.63, 3.8) is 0 Å².